The van der Waals surface area contributed by atoms with Gasteiger partial charge in [0, 0.05) is 10.5 Å². The minimum absolute atomic E-state index is 0.0243. The topological polar surface area (TPSA) is 68.3 Å². The predicted octanol–water partition coefficient (Wildman–Crippen LogP) is 3.90. The third kappa shape index (κ3) is 2.50. The summed E-state index contributed by atoms with van der Waals surface area (Å²) in [6.45, 7) is 1.94. The van der Waals surface area contributed by atoms with Crippen molar-refractivity contribution in [3.8, 4) is 17.1 Å². The Morgan fingerprint density at radius 1 is 1.33 bits per heavy atom. The zero-order chi connectivity index (χ0) is 15.0. The van der Waals surface area contributed by atoms with E-state index in [1.807, 2.05) is 25.1 Å². The number of furan rings is 1. The van der Waals surface area contributed by atoms with E-state index in [-0.39, 0.29) is 5.69 Å². The molecule has 2 aromatic heterocycles. The van der Waals surface area contributed by atoms with Crippen LogP contribution in [0.5, 0.6) is 0 Å². The minimum Gasteiger partial charge on any atom is -0.476 e. The van der Waals surface area contributed by atoms with Crippen molar-refractivity contribution in [3.05, 3.63) is 58.4 Å². The van der Waals surface area contributed by atoms with Crippen LogP contribution in [-0.4, -0.2) is 20.9 Å². The SMILES string of the molecule is Cc1cc(Br)ccc1-n1nc(C(=O)O)cc1-c1ccco1. The Labute approximate surface area is 129 Å². The summed E-state index contributed by atoms with van der Waals surface area (Å²) in [5.41, 5.74) is 2.35. The number of rotatable bonds is 3. The molecule has 2 heterocycles. The van der Waals surface area contributed by atoms with Crippen molar-refractivity contribution in [2.24, 2.45) is 0 Å². The second-order valence-corrected chi connectivity index (χ2v) is 5.46. The highest BCUT2D eigenvalue weighted by atomic mass is 79.9. The van der Waals surface area contributed by atoms with Crippen LogP contribution in [0.4, 0.5) is 0 Å². The van der Waals surface area contributed by atoms with Crippen LogP contribution in [0.15, 0.2) is 51.6 Å². The maximum atomic E-state index is 11.2. The van der Waals surface area contributed by atoms with Gasteiger partial charge >= 0.3 is 5.97 Å². The molecule has 0 amide bonds. The molecular formula is C15H11BrN2O3. The van der Waals surface area contributed by atoms with Crippen molar-refractivity contribution in [1.82, 2.24) is 9.78 Å². The number of hydrogen-bond donors (Lipinski definition) is 1. The summed E-state index contributed by atoms with van der Waals surface area (Å²) in [7, 11) is 0. The number of nitrogens with zero attached hydrogens (tertiary/aromatic N) is 2. The Bertz CT molecular complexity index is 806. The van der Waals surface area contributed by atoms with Gasteiger partial charge in [-0.05, 0) is 42.8 Å². The fourth-order valence-corrected chi connectivity index (χ4v) is 2.60. The van der Waals surface area contributed by atoms with Gasteiger partial charge in [-0.25, -0.2) is 9.48 Å². The molecule has 1 N–H and O–H groups in total. The number of aromatic carboxylic acids is 1. The molecule has 0 aliphatic heterocycles. The molecule has 3 rings (SSSR count). The van der Waals surface area contributed by atoms with Crippen LogP contribution in [0.25, 0.3) is 17.1 Å². The summed E-state index contributed by atoms with van der Waals surface area (Å²) in [5, 5.41) is 13.3. The van der Waals surface area contributed by atoms with Gasteiger partial charge in [0.15, 0.2) is 11.5 Å². The van der Waals surface area contributed by atoms with E-state index in [1.165, 1.54) is 6.07 Å². The summed E-state index contributed by atoms with van der Waals surface area (Å²) >= 11 is 3.41. The number of aryl methyl sites for hydroxylation is 1. The average molecular weight is 347 g/mol. The van der Waals surface area contributed by atoms with E-state index in [0.717, 1.165) is 15.7 Å². The van der Waals surface area contributed by atoms with Gasteiger partial charge < -0.3 is 9.52 Å². The van der Waals surface area contributed by atoms with Crippen molar-refractivity contribution < 1.29 is 14.3 Å². The third-order valence-corrected chi connectivity index (χ3v) is 3.58. The van der Waals surface area contributed by atoms with Crippen LogP contribution >= 0.6 is 15.9 Å². The molecule has 0 bridgehead atoms. The predicted molar refractivity (Wildman–Crippen MR) is 80.7 cm³/mol. The highest BCUT2D eigenvalue weighted by Crippen LogP contribution is 2.27. The summed E-state index contributed by atoms with van der Waals surface area (Å²) in [5.74, 6) is -0.506. The molecule has 0 unspecified atom stereocenters. The molecule has 5 nitrogen and oxygen atoms in total. The van der Waals surface area contributed by atoms with Crippen molar-refractivity contribution >= 4 is 21.9 Å². The lowest BCUT2D eigenvalue weighted by molar-refractivity contribution is 0.0690. The molecule has 0 radical (unpaired) electrons. The highest BCUT2D eigenvalue weighted by Gasteiger charge is 2.18. The molecule has 106 valence electrons. The number of carbonyl (C=O) groups is 1. The van der Waals surface area contributed by atoms with Crippen LogP contribution in [0.2, 0.25) is 0 Å². The first-order valence-corrected chi connectivity index (χ1v) is 6.99. The normalized spacial score (nSPS) is 10.8. The molecule has 0 aliphatic carbocycles. The maximum Gasteiger partial charge on any atom is 0.356 e. The lowest BCUT2D eigenvalue weighted by Gasteiger charge is -2.09. The van der Waals surface area contributed by atoms with Crippen molar-refractivity contribution in [2.45, 2.75) is 6.92 Å². The van der Waals surface area contributed by atoms with Gasteiger partial charge in [-0.2, -0.15) is 5.10 Å². The highest BCUT2D eigenvalue weighted by molar-refractivity contribution is 9.10. The zero-order valence-electron chi connectivity index (χ0n) is 11.1. The van der Waals surface area contributed by atoms with E-state index in [9.17, 15) is 4.79 Å². The van der Waals surface area contributed by atoms with Gasteiger partial charge in [0.1, 0.15) is 5.69 Å². The fraction of sp³-hybridized carbons (Fsp3) is 0.0667. The molecule has 0 atom stereocenters. The number of carboxylic acids is 1. The van der Waals surface area contributed by atoms with E-state index >= 15 is 0 Å². The van der Waals surface area contributed by atoms with E-state index in [1.54, 1.807) is 23.1 Å². The first-order valence-electron chi connectivity index (χ1n) is 6.20. The quantitative estimate of drug-likeness (QED) is 0.780. The lowest BCUT2D eigenvalue weighted by atomic mass is 10.2. The summed E-state index contributed by atoms with van der Waals surface area (Å²) in [6, 6.07) is 10.7. The van der Waals surface area contributed by atoms with Gasteiger partial charge in [-0.15, -0.1) is 0 Å². The molecule has 0 saturated carbocycles. The number of aromatic nitrogens is 2. The standard InChI is InChI=1S/C15H11BrN2O3/c1-9-7-10(16)4-5-12(9)18-13(14-3-2-6-21-14)8-11(17-18)15(19)20/h2-8H,1H3,(H,19,20). The van der Waals surface area contributed by atoms with Gasteiger partial charge in [-0.1, -0.05) is 15.9 Å². The Kier molecular flexibility index (Phi) is 3.39. The van der Waals surface area contributed by atoms with E-state index in [4.69, 9.17) is 9.52 Å². The molecular weight excluding hydrogens is 336 g/mol. The Morgan fingerprint density at radius 2 is 2.14 bits per heavy atom. The third-order valence-electron chi connectivity index (χ3n) is 3.09. The van der Waals surface area contributed by atoms with Crippen LogP contribution in [0, 0.1) is 6.92 Å². The van der Waals surface area contributed by atoms with E-state index < -0.39 is 5.97 Å². The molecule has 0 aliphatic rings. The average Bonchev–Trinajstić information content (AvgIpc) is 3.07. The van der Waals surface area contributed by atoms with Crippen molar-refractivity contribution in [3.63, 3.8) is 0 Å². The van der Waals surface area contributed by atoms with Gasteiger partial charge in [0.2, 0.25) is 0 Å². The smallest absolute Gasteiger partial charge is 0.356 e. The largest absolute Gasteiger partial charge is 0.476 e. The second-order valence-electron chi connectivity index (χ2n) is 4.54. The van der Waals surface area contributed by atoms with Crippen molar-refractivity contribution in [2.75, 3.05) is 0 Å². The number of halogens is 1. The zero-order valence-corrected chi connectivity index (χ0v) is 12.7. The summed E-state index contributed by atoms with van der Waals surface area (Å²) < 4.78 is 7.92. The molecule has 21 heavy (non-hydrogen) atoms. The van der Waals surface area contributed by atoms with Gasteiger partial charge in [0.25, 0.3) is 0 Å². The molecule has 0 saturated heterocycles. The molecule has 3 aromatic rings. The lowest BCUT2D eigenvalue weighted by Crippen LogP contribution is -2.03. The molecule has 1 aromatic carbocycles. The van der Waals surface area contributed by atoms with Crippen molar-refractivity contribution in [1.29, 1.82) is 0 Å². The second kappa shape index (κ2) is 5.21. The Balaban J connectivity index is 2.23. The fourth-order valence-electron chi connectivity index (χ4n) is 2.13. The van der Waals surface area contributed by atoms with Crippen LogP contribution in [0.1, 0.15) is 16.1 Å². The number of benzene rings is 1. The van der Waals surface area contributed by atoms with Crippen LogP contribution in [0.3, 0.4) is 0 Å². The maximum absolute atomic E-state index is 11.2. The number of carboxylic acid groups (broad SMARTS) is 1. The van der Waals surface area contributed by atoms with Gasteiger partial charge in [0.05, 0.1) is 12.0 Å². The minimum atomic E-state index is -1.07. The van der Waals surface area contributed by atoms with Crippen LogP contribution < -0.4 is 0 Å². The van der Waals surface area contributed by atoms with E-state index in [0.29, 0.717) is 11.5 Å². The molecule has 6 heteroatoms. The van der Waals surface area contributed by atoms with E-state index in [2.05, 4.69) is 21.0 Å². The molecule has 0 fully saturated rings. The summed E-state index contributed by atoms with van der Waals surface area (Å²) in [4.78, 5) is 11.2. The van der Waals surface area contributed by atoms with Gasteiger partial charge in [-0.3, -0.25) is 0 Å². The Hall–Kier alpha value is -2.34. The summed E-state index contributed by atoms with van der Waals surface area (Å²) in [6.07, 6.45) is 1.54. The first kappa shape index (κ1) is 13.6. The molecule has 0 spiro atoms. The monoisotopic (exact) mass is 346 g/mol. The number of hydrogen-bond acceptors (Lipinski definition) is 3. The Morgan fingerprint density at radius 3 is 2.76 bits per heavy atom. The van der Waals surface area contributed by atoms with Crippen LogP contribution in [-0.2, 0) is 0 Å². The first-order chi connectivity index (χ1) is 10.1.